The monoisotopic (exact) mass is 355 g/mol. The summed E-state index contributed by atoms with van der Waals surface area (Å²) in [6.45, 7) is 1.29. The molecule has 0 bridgehead atoms. The molecule has 0 saturated carbocycles. The van der Waals surface area contributed by atoms with Crippen molar-refractivity contribution >= 4 is 33.6 Å². The number of carbonyl (C=O) groups excluding carboxylic acids is 1. The largest absolute Gasteiger partial charge is 0.493 e. The second-order valence-corrected chi connectivity index (χ2v) is 7.45. The fourth-order valence-electron chi connectivity index (χ4n) is 2.72. The highest BCUT2D eigenvalue weighted by Gasteiger charge is 2.23. The van der Waals surface area contributed by atoms with Gasteiger partial charge in [0.15, 0.2) is 0 Å². The van der Waals surface area contributed by atoms with Gasteiger partial charge in [-0.25, -0.2) is 0 Å². The smallest absolute Gasteiger partial charge is 0.233 e. The van der Waals surface area contributed by atoms with Crippen molar-refractivity contribution in [3.63, 3.8) is 0 Å². The molecule has 1 unspecified atom stereocenters. The first-order chi connectivity index (χ1) is 9.74. The Morgan fingerprint density at radius 2 is 2.35 bits per heavy atom. The van der Waals surface area contributed by atoms with E-state index in [1.54, 1.807) is 11.8 Å². The van der Waals surface area contributed by atoms with E-state index in [9.17, 15) is 4.79 Å². The second kappa shape index (κ2) is 6.39. The fraction of sp³-hybridized carbons (Fsp3) is 0.533. The number of nitrogens with one attached hydrogen (secondary N) is 1. The molecule has 0 radical (unpaired) electrons. The topological polar surface area (TPSA) is 38.3 Å². The number of ether oxygens (including phenoxy) is 1. The van der Waals surface area contributed by atoms with Crippen molar-refractivity contribution in [1.82, 2.24) is 5.32 Å². The van der Waals surface area contributed by atoms with Crippen molar-refractivity contribution in [1.29, 1.82) is 0 Å². The Kier molecular flexibility index (Phi) is 4.56. The van der Waals surface area contributed by atoms with Crippen LogP contribution in [-0.4, -0.2) is 23.5 Å². The summed E-state index contributed by atoms with van der Waals surface area (Å²) in [5.74, 6) is 2.24. The van der Waals surface area contributed by atoms with Gasteiger partial charge in [0.2, 0.25) is 5.91 Å². The van der Waals surface area contributed by atoms with Gasteiger partial charge in [-0.05, 0) is 36.3 Å². The third-order valence-electron chi connectivity index (χ3n) is 3.75. The van der Waals surface area contributed by atoms with Gasteiger partial charge in [0.25, 0.3) is 0 Å². The first-order valence-electron chi connectivity index (χ1n) is 7.07. The van der Waals surface area contributed by atoms with Crippen molar-refractivity contribution in [3.05, 3.63) is 27.7 Å². The first kappa shape index (κ1) is 14.3. The summed E-state index contributed by atoms with van der Waals surface area (Å²) in [6.07, 6.45) is 4.36. The summed E-state index contributed by atoms with van der Waals surface area (Å²) in [4.78, 5) is 12.2. The molecule has 3 nitrogen and oxygen atoms in total. The molecule has 2 aliphatic heterocycles. The molecule has 20 heavy (non-hydrogen) atoms. The maximum absolute atomic E-state index is 12.2. The molecule has 5 heteroatoms. The van der Waals surface area contributed by atoms with E-state index in [0.29, 0.717) is 6.54 Å². The first-order valence-corrected chi connectivity index (χ1v) is 8.91. The number of rotatable bonds is 3. The highest BCUT2D eigenvalue weighted by atomic mass is 79.9. The minimum Gasteiger partial charge on any atom is -0.493 e. The summed E-state index contributed by atoms with van der Waals surface area (Å²) < 4.78 is 6.74. The number of hydrogen-bond acceptors (Lipinski definition) is 3. The Morgan fingerprint density at radius 3 is 3.15 bits per heavy atom. The molecule has 0 spiro atoms. The lowest BCUT2D eigenvalue weighted by Gasteiger charge is -2.20. The van der Waals surface area contributed by atoms with Crippen LogP contribution >= 0.6 is 27.7 Å². The Balaban J connectivity index is 1.65. The van der Waals surface area contributed by atoms with E-state index in [1.165, 1.54) is 18.4 Å². The van der Waals surface area contributed by atoms with Crippen molar-refractivity contribution in [2.45, 2.75) is 37.5 Å². The summed E-state index contributed by atoms with van der Waals surface area (Å²) in [7, 11) is 0. The predicted octanol–water partition coefficient (Wildman–Crippen LogP) is 3.29. The maximum Gasteiger partial charge on any atom is 0.233 e. The lowest BCUT2D eigenvalue weighted by Crippen LogP contribution is -2.33. The van der Waals surface area contributed by atoms with Gasteiger partial charge in [-0.15, -0.1) is 11.8 Å². The summed E-state index contributed by atoms with van der Waals surface area (Å²) in [6, 6.07) is 4.14. The minimum atomic E-state index is 0.130. The van der Waals surface area contributed by atoms with E-state index in [0.717, 1.165) is 41.0 Å². The lowest BCUT2D eigenvalue weighted by molar-refractivity contribution is -0.120. The number of halogens is 1. The van der Waals surface area contributed by atoms with Crippen LogP contribution in [0.4, 0.5) is 0 Å². The number of benzene rings is 1. The predicted molar refractivity (Wildman–Crippen MR) is 85.3 cm³/mol. The zero-order valence-electron chi connectivity index (χ0n) is 11.3. The van der Waals surface area contributed by atoms with Crippen LogP contribution in [0.5, 0.6) is 5.75 Å². The summed E-state index contributed by atoms with van der Waals surface area (Å²) in [5.41, 5.74) is 2.30. The zero-order chi connectivity index (χ0) is 13.9. The van der Waals surface area contributed by atoms with Crippen molar-refractivity contribution in [2.75, 3.05) is 12.4 Å². The Bertz CT molecular complexity index is 515. The molecule has 108 valence electrons. The van der Waals surface area contributed by atoms with Crippen molar-refractivity contribution in [2.24, 2.45) is 0 Å². The van der Waals surface area contributed by atoms with Gasteiger partial charge in [0.1, 0.15) is 5.75 Å². The van der Waals surface area contributed by atoms with Gasteiger partial charge in [-0.2, -0.15) is 0 Å². The standard InChI is InChI=1S/C15H18BrNO2S/c16-12-7-10-4-5-19-14(10)11(8-12)9-17-15(18)13-3-1-2-6-20-13/h7-8,13H,1-6,9H2,(H,17,18). The van der Waals surface area contributed by atoms with E-state index in [-0.39, 0.29) is 11.2 Å². The molecule has 2 heterocycles. The summed E-state index contributed by atoms with van der Waals surface area (Å²) in [5, 5.41) is 3.19. The number of thioether (sulfide) groups is 1. The highest BCUT2D eigenvalue weighted by molar-refractivity contribution is 9.10. The van der Waals surface area contributed by atoms with E-state index < -0.39 is 0 Å². The van der Waals surface area contributed by atoms with Gasteiger partial charge < -0.3 is 10.1 Å². The van der Waals surface area contributed by atoms with Gasteiger partial charge in [-0.1, -0.05) is 22.4 Å². The Morgan fingerprint density at radius 1 is 1.45 bits per heavy atom. The van der Waals surface area contributed by atoms with Crippen LogP contribution in [-0.2, 0) is 17.8 Å². The van der Waals surface area contributed by atoms with E-state index in [2.05, 4.69) is 27.3 Å². The molecule has 1 aromatic carbocycles. The van der Waals surface area contributed by atoms with Crippen LogP contribution in [0.15, 0.2) is 16.6 Å². The van der Waals surface area contributed by atoms with Crippen LogP contribution in [0.1, 0.15) is 30.4 Å². The highest BCUT2D eigenvalue weighted by Crippen LogP contribution is 2.33. The van der Waals surface area contributed by atoms with Gasteiger partial charge in [0, 0.05) is 23.0 Å². The zero-order valence-corrected chi connectivity index (χ0v) is 13.7. The van der Waals surface area contributed by atoms with Crippen LogP contribution in [0.3, 0.4) is 0 Å². The normalized spacial score (nSPS) is 21.1. The Hall–Kier alpha value is -0.680. The van der Waals surface area contributed by atoms with Crippen molar-refractivity contribution in [3.8, 4) is 5.75 Å². The molecule has 1 aromatic rings. The average molecular weight is 356 g/mol. The number of amides is 1. The minimum absolute atomic E-state index is 0.130. The van der Waals surface area contributed by atoms with E-state index in [1.807, 2.05) is 6.07 Å². The third-order valence-corrected chi connectivity index (χ3v) is 5.58. The molecular formula is C15H18BrNO2S. The average Bonchev–Trinajstić information content (AvgIpc) is 2.93. The molecule has 3 rings (SSSR count). The second-order valence-electron chi connectivity index (χ2n) is 5.22. The molecule has 2 aliphatic rings. The van der Waals surface area contributed by atoms with Crippen LogP contribution < -0.4 is 10.1 Å². The number of carbonyl (C=O) groups is 1. The van der Waals surface area contributed by atoms with Gasteiger partial charge >= 0.3 is 0 Å². The van der Waals surface area contributed by atoms with E-state index in [4.69, 9.17) is 4.74 Å². The van der Waals surface area contributed by atoms with Gasteiger partial charge in [-0.3, -0.25) is 4.79 Å². The van der Waals surface area contributed by atoms with Crippen molar-refractivity contribution < 1.29 is 9.53 Å². The maximum atomic E-state index is 12.2. The molecule has 1 atom stereocenters. The van der Waals surface area contributed by atoms with Gasteiger partial charge in [0.05, 0.1) is 11.9 Å². The molecule has 1 saturated heterocycles. The number of hydrogen-bond donors (Lipinski definition) is 1. The van der Waals surface area contributed by atoms with E-state index >= 15 is 0 Å². The SMILES string of the molecule is O=C(NCc1cc(Br)cc2c1OCC2)C1CCCCS1. The fourth-order valence-corrected chi connectivity index (χ4v) is 4.50. The lowest BCUT2D eigenvalue weighted by atomic mass is 10.1. The molecule has 1 N–H and O–H groups in total. The number of fused-ring (bicyclic) bond motifs is 1. The van der Waals surface area contributed by atoms with Crippen LogP contribution in [0.2, 0.25) is 0 Å². The van der Waals surface area contributed by atoms with Crippen LogP contribution in [0.25, 0.3) is 0 Å². The Labute approximate surface area is 132 Å². The third kappa shape index (κ3) is 3.14. The molecule has 1 amide bonds. The summed E-state index contributed by atoms with van der Waals surface area (Å²) >= 11 is 5.31. The molecule has 0 aliphatic carbocycles. The quantitative estimate of drug-likeness (QED) is 0.903. The molecular weight excluding hydrogens is 338 g/mol. The molecule has 1 fully saturated rings. The molecule has 0 aromatic heterocycles. The van der Waals surface area contributed by atoms with Crippen LogP contribution in [0, 0.1) is 0 Å².